The Balaban J connectivity index is 1.63. The Kier molecular flexibility index (Phi) is 5.16. The summed E-state index contributed by atoms with van der Waals surface area (Å²) in [5, 5.41) is 6.97. The summed E-state index contributed by atoms with van der Waals surface area (Å²) in [6, 6.07) is 8.24. The van der Waals surface area contributed by atoms with Gasteiger partial charge in [0.1, 0.15) is 0 Å². The highest BCUT2D eigenvalue weighted by Gasteiger charge is 2.28. The molecule has 1 N–H and O–H groups in total. The Bertz CT molecular complexity index is 765. The molecule has 2 aromatic rings. The van der Waals surface area contributed by atoms with Crippen molar-refractivity contribution < 1.29 is 14.3 Å². The zero-order chi connectivity index (χ0) is 17.8. The van der Waals surface area contributed by atoms with Gasteiger partial charge in [0.2, 0.25) is 5.91 Å². The number of carbonyl (C=O) groups excluding carboxylic acids is 2. The molecule has 2 heterocycles. The lowest BCUT2D eigenvalue weighted by molar-refractivity contribution is -0.132. The molecule has 0 radical (unpaired) electrons. The van der Waals surface area contributed by atoms with Crippen molar-refractivity contribution in [3.63, 3.8) is 0 Å². The third-order valence-corrected chi connectivity index (χ3v) is 4.50. The van der Waals surface area contributed by atoms with E-state index in [2.05, 4.69) is 34.5 Å². The highest BCUT2D eigenvalue weighted by atomic mass is 16.5. The standard InChI is InChI=1S/C19H23N3O3/c1-3-25-19(24)18-15-12-22(11-10-16(15)20-21-18)17(23)9-8-14-6-4-13(2)5-7-14/h4-7H,3,8-12H2,1-2H3,(H,20,21). The first-order valence-electron chi connectivity index (χ1n) is 8.65. The van der Waals surface area contributed by atoms with Gasteiger partial charge in [0.25, 0.3) is 0 Å². The molecular weight excluding hydrogens is 318 g/mol. The number of fused-ring (bicyclic) bond motifs is 1. The fourth-order valence-corrected chi connectivity index (χ4v) is 3.04. The summed E-state index contributed by atoms with van der Waals surface area (Å²) in [5.41, 5.74) is 4.38. The maximum atomic E-state index is 12.6. The zero-order valence-corrected chi connectivity index (χ0v) is 14.7. The molecule has 0 fully saturated rings. The Hall–Kier alpha value is -2.63. The van der Waals surface area contributed by atoms with E-state index in [0.717, 1.165) is 23.2 Å². The molecule has 1 aliphatic rings. The van der Waals surface area contributed by atoms with Crippen molar-refractivity contribution in [2.24, 2.45) is 0 Å². The van der Waals surface area contributed by atoms with E-state index in [-0.39, 0.29) is 5.91 Å². The lowest BCUT2D eigenvalue weighted by Crippen LogP contribution is -2.36. The number of H-pyrrole nitrogens is 1. The Labute approximate surface area is 147 Å². The number of esters is 1. The van der Waals surface area contributed by atoms with E-state index in [1.165, 1.54) is 5.56 Å². The van der Waals surface area contributed by atoms with Crippen molar-refractivity contribution in [1.82, 2.24) is 15.1 Å². The van der Waals surface area contributed by atoms with Gasteiger partial charge in [-0.2, -0.15) is 5.10 Å². The largest absolute Gasteiger partial charge is 0.461 e. The quantitative estimate of drug-likeness (QED) is 0.848. The van der Waals surface area contributed by atoms with Gasteiger partial charge < -0.3 is 9.64 Å². The molecule has 0 bridgehead atoms. The Morgan fingerprint density at radius 1 is 1.28 bits per heavy atom. The first-order valence-corrected chi connectivity index (χ1v) is 8.65. The lowest BCUT2D eigenvalue weighted by atomic mass is 10.0. The van der Waals surface area contributed by atoms with Crippen molar-refractivity contribution in [2.45, 2.75) is 39.7 Å². The van der Waals surface area contributed by atoms with Crippen molar-refractivity contribution in [3.8, 4) is 0 Å². The van der Waals surface area contributed by atoms with Gasteiger partial charge in [0.05, 0.1) is 6.61 Å². The Morgan fingerprint density at radius 3 is 2.76 bits per heavy atom. The van der Waals surface area contributed by atoms with Gasteiger partial charge >= 0.3 is 5.97 Å². The van der Waals surface area contributed by atoms with Crippen LogP contribution in [0.25, 0.3) is 0 Å². The van der Waals surface area contributed by atoms with Crippen molar-refractivity contribution in [2.75, 3.05) is 13.2 Å². The first kappa shape index (κ1) is 17.2. The molecule has 132 valence electrons. The second-order valence-corrected chi connectivity index (χ2v) is 6.30. The summed E-state index contributed by atoms with van der Waals surface area (Å²) < 4.78 is 5.04. The summed E-state index contributed by atoms with van der Waals surface area (Å²) in [7, 11) is 0. The van der Waals surface area contributed by atoms with Crippen LogP contribution in [0.5, 0.6) is 0 Å². The van der Waals surface area contributed by atoms with Crippen LogP contribution in [0.4, 0.5) is 0 Å². The molecule has 1 aliphatic heterocycles. The molecule has 0 aliphatic carbocycles. The predicted molar refractivity (Wildman–Crippen MR) is 93.2 cm³/mol. The smallest absolute Gasteiger partial charge is 0.359 e. The van der Waals surface area contributed by atoms with Crippen LogP contribution in [0.2, 0.25) is 0 Å². The van der Waals surface area contributed by atoms with E-state index in [9.17, 15) is 9.59 Å². The molecule has 0 saturated heterocycles. The lowest BCUT2D eigenvalue weighted by Gasteiger charge is -2.27. The maximum absolute atomic E-state index is 12.6. The first-order chi connectivity index (χ1) is 12.1. The van der Waals surface area contributed by atoms with Crippen molar-refractivity contribution in [1.29, 1.82) is 0 Å². The van der Waals surface area contributed by atoms with E-state index < -0.39 is 5.97 Å². The number of nitrogens with zero attached hydrogens (tertiary/aromatic N) is 2. The van der Waals surface area contributed by atoms with E-state index >= 15 is 0 Å². The van der Waals surface area contributed by atoms with E-state index in [4.69, 9.17) is 4.74 Å². The van der Waals surface area contributed by atoms with Crippen LogP contribution >= 0.6 is 0 Å². The van der Waals surface area contributed by atoms with Crippen LogP contribution in [0.1, 0.15) is 46.2 Å². The molecule has 1 aromatic carbocycles. The summed E-state index contributed by atoms with van der Waals surface area (Å²) in [4.78, 5) is 26.3. The van der Waals surface area contributed by atoms with Crippen LogP contribution in [-0.4, -0.2) is 40.1 Å². The minimum absolute atomic E-state index is 0.0993. The molecule has 25 heavy (non-hydrogen) atoms. The number of aromatic amines is 1. The SMILES string of the molecule is CCOC(=O)c1n[nH]c2c1CN(C(=O)CCc1ccc(C)cc1)CC2. The topological polar surface area (TPSA) is 75.3 Å². The van der Waals surface area contributed by atoms with Gasteiger partial charge in [-0.25, -0.2) is 4.79 Å². The molecule has 1 aromatic heterocycles. The average molecular weight is 341 g/mol. The average Bonchev–Trinajstić information content (AvgIpc) is 3.04. The highest BCUT2D eigenvalue weighted by Crippen LogP contribution is 2.22. The summed E-state index contributed by atoms with van der Waals surface area (Å²) in [6.07, 6.45) is 1.86. The predicted octanol–water partition coefficient (Wildman–Crippen LogP) is 2.41. The number of hydrogen-bond donors (Lipinski definition) is 1. The van der Waals surface area contributed by atoms with E-state index in [1.54, 1.807) is 11.8 Å². The second kappa shape index (κ2) is 7.51. The fourth-order valence-electron chi connectivity index (χ4n) is 3.04. The van der Waals surface area contributed by atoms with E-state index in [0.29, 0.717) is 38.2 Å². The molecule has 6 heteroatoms. The number of carbonyl (C=O) groups is 2. The second-order valence-electron chi connectivity index (χ2n) is 6.30. The van der Waals surface area contributed by atoms with Gasteiger partial charge in [-0.15, -0.1) is 0 Å². The minimum atomic E-state index is -0.436. The third-order valence-electron chi connectivity index (χ3n) is 4.50. The molecule has 0 unspecified atom stereocenters. The van der Waals surface area contributed by atoms with Crippen molar-refractivity contribution in [3.05, 3.63) is 52.3 Å². The third kappa shape index (κ3) is 3.90. The fraction of sp³-hybridized carbons (Fsp3) is 0.421. The number of rotatable bonds is 5. The van der Waals surface area contributed by atoms with Crippen LogP contribution in [0.3, 0.4) is 0 Å². The molecule has 0 spiro atoms. The van der Waals surface area contributed by atoms with E-state index in [1.807, 2.05) is 6.92 Å². The number of ether oxygens (including phenoxy) is 1. The number of hydrogen-bond acceptors (Lipinski definition) is 4. The Morgan fingerprint density at radius 2 is 2.04 bits per heavy atom. The normalized spacial score (nSPS) is 13.4. The van der Waals surface area contributed by atoms with Gasteiger partial charge in [-0.1, -0.05) is 29.8 Å². The van der Waals surface area contributed by atoms with Crippen LogP contribution in [0, 0.1) is 6.92 Å². The minimum Gasteiger partial charge on any atom is -0.461 e. The molecule has 3 rings (SSSR count). The number of amides is 1. The summed E-state index contributed by atoms with van der Waals surface area (Å²) in [6.45, 7) is 5.17. The van der Waals surface area contributed by atoms with Crippen molar-refractivity contribution >= 4 is 11.9 Å². The van der Waals surface area contributed by atoms with Gasteiger partial charge in [-0.05, 0) is 25.8 Å². The molecule has 0 saturated carbocycles. The number of aromatic nitrogens is 2. The monoisotopic (exact) mass is 341 g/mol. The zero-order valence-electron chi connectivity index (χ0n) is 14.7. The van der Waals surface area contributed by atoms with Crippen LogP contribution in [0.15, 0.2) is 24.3 Å². The molecule has 0 atom stereocenters. The highest BCUT2D eigenvalue weighted by molar-refractivity contribution is 5.89. The van der Waals surface area contributed by atoms with Gasteiger partial charge in [0, 0.05) is 37.2 Å². The number of benzene rings is 1. The maximum Gasteiger partial charge on any atom is 0.359 e. The molecular formula is C19H23N3O3. The van der Waals surface area contributed by atoms with Gasteiger partial charge in [0.15, 0.2) is 5.69 Å². The summed E-state index contributed by atoms with van der Waals surface area (Å²) >= 11 is 0. The molecule has 1 amide bonds. The van der Waals surface area contributed by atoms with Gasteiger partial charge in [-0.3, -0.25) is 9.89 Å². The van der Waals surface area contributed by atoms with Crippen LogP contribution in [-0.2, 0) is 28.9 Å². The van der Waals surface area contributed by atoms with Crippen LogP contribution < -0.4 is 0 Å². The molecule has 6 nitrogen and oxygen atoms in total. The number of nitrogens with one attached hydrogen (secondary N) is 1. The number of aryl methyl sites for hydroxylation is 2. The summed E-state index contributed by atoms with van der Waals surface area (Å²) in [5.74, 6) is -0.337.